The maximum atomic E-state index is 5.94. The number of aromatic amines is 1. The van der Waals surface area contributed by atoms with Gasteiger partial charge in [0.2, 0.25) is 0 Å². The third-order valence-corrected chi connectivity index (χ3v) is 7.36. The molecule has 8 heteroatoms. The number of hydrogen-bond acceptors (Lipinski definition) is 4. The summed E-state index contributed by atoms with van der Waals surface area (Å²) in [6, 6.07) is 5.67. The highest BCUT2D eigenvalue weighted by molar-refractivity contribution is 6.76. The van der Waals surface area contributed by atoms with Crippen LogP contribution in [0.25, 0.3) is 22.2 Å². The highest BCUT2D eigenvalue weighted by Gasteiger charge is 2.14. The lowest BCUT2D eigenvalue weighted by Gasteiger charge is -2.15. The van der Waals surface area contributed by atoms with E-state index in [9.17, 15) is 0 Å². The van der Waals surface area contributed by atoms with Gasteiger partial charge in [0.15, 0.2) is 0 Å². The summed E-state index contributed by atoms with van der Waals surface area (Å²) >= 11 is 0. The molecule has 0 bridgehead atoms. The topological polar surface area (TPSA) is 73.5 Å². The van der Waals surface area contributed by atoms with Crippen LogP contribution in [0.5, 0.6) is 0 Å². The first-order chi connectivity index (χ1) is 14.9. The molecule has 0 aromatic carbocycles. The summed E-state index contributed by atoms with van der Waals surface area (Å²) in [6.07, 6.45) is 13.8. The Hall–Kier alpha value is -2.71. The van der Waals surface area contributed by atoms with Crippen LogP contribution in [0.1, 0.15) is 24.9 Å². The van der Waals surface area contributed by atoms with Crippen LogP contribution < -0.4 is 0 Å². The Kier molecular flexibility index (Phi) is 6.38. The molecular formula is C23H32N6OSi. The van der Waals surface area contributed by atoms with Crippen molar-refractivity contribution in [2.45, 2.75) is 58.2 Å². The van der Waals surface area contributed by atoms with E-state index < -0.39 is 8.07 Å². The zero-order chi connectivity index (χ0) is 21.8. The van der Waals surface area contributed by atoms with Gasteiger partial charge in [-0.25, -0.2) is 4.98 Å². The van der Waals surface area contributed by atoms with Crippen molar-refractivity contribution >= 4 is 19.1 Å². The molecule has 0 amide bonds. The van der Waals surface area contributed by atoms with Crippen LogP contribution in [0.4, 0.5) is 0 Å². The zero-order valence-electron chi connectivity index (χ0n) is 18.9. The molecule has 1 atom stereocenters. The zero-order valence-corrected chi connectivity index (χ0v) is 19.9. The fourth-order valence-electron chi connectivity index (χ4n) is 3.63. The summed E-state index contributed by atoms with van der Waals surface area (Å²) in [5.74, 6) is 0. The lowest BCUT2D eigenvalue weighted by Crippen LogP contribution is -2.22. The normalized spacial score (nSPS) is 13.2. The van der Waals surface area contributed by atoms with E-state index in [-0.39, 0.29) is 0 Å². The molecule has 0 spiro atoms. The van der Waals surface area contributed by atoms with Gasteiger partial charge in [0.05, 0.1) is 12.4 Å². The number of aromatic nitrogens is 6. The highest BCUT2D eigenvalue weighted by Crippen LogP contribution is 2.29. The van der Waals surface area contributed by atoms with Gasteiger partial charge in [-0.3, -0.25) is 9.78 Å². The monoisotopic (exact) mass is 436 g/mol. The second kappa shape index (κ2) is 9.19. The molecule has 0 fully saturated rings. The summed E-state index contributed by atoms with van der Waals surface area (Å²) < 4.78 is 10.1. The predicted molar refractivity (Wildman–Crippen MR) is 127 cm³/mol. The maximum absolute atomic E-state index is 5.94. The van der Waals surface area contributed by atoms with E-state index >= 15 is 0 Å². The number of nitrogens with zero attached hydrogens (tertiary/aromatic N) is 5. The highest BCUT2D eigenvalue weighted by atomic mass is 28.3. The van der Waals surface area contributed by atoms with Crippen molar-refractivity contribution in [3.05, 3.63) is 54.9 Å². The van der Waals surface area contributed by atoms with Gasteiger partial charge in [-0.05, 0) is 49.1 Å². The molecule has 0 aliphatic heterocycles. The molecule has 4 aromatic rings. The minimum atomic E-state index is -1.08. The van der Waals surface area contributed by atoms with Crippen LogP contribution in [0.2, 0.25) is 25.7 Å². The van der Waals surface area contributed by atoms with Crippen molar-refractivity contribution in [3.8, 4) is 11.1 Å². The molecule has 0 aliphatic rings. The van der Waals surface area contributed by atoms with Crippen molar-refractivity contribution in [1.29, 1.82) is 0 Å². The number of rotatable bonds is 10. The van der Waals surface area contributed by atoms with Gasteiger partial charge in [0.1, 0.15) is 12.4 Å². The molecule has 4 aromatic heterocycles. The van der Waals surface area contributed by atoms with Gasteiger partial charge in [0.25, 0.3) is 0 Å². The quantitative estimate of drug-likeness (QED) is 0.276. The molecule has 0 aliphatic carbocycles. The third-order valence-electron chi connectivity index (χ3n) is 5.66. The minimum absolute atomic E-state index is 0.311. The van der Waals surface area contributed by atoms with E-state index in [2.05, 4.69) is 80.6 Å². The van der Waals surface area contributed by atoms with Crippen LogP contribution in [0, 0.1) is 0 Å². The molecule has 4 heterocycles. The van der Waals surface area contributed by atoms with Crippen LogP contribution in [0.15, 0.2) is 49.3 Å². The Morgan fingerprint density at radius 1 is 1.19 bits per heavy atom. The number of hydrogen-bond donors (Lipinski definition) is 1. The number of nitrogens with one attached hydrogen (secondary N) is 1. The Labute approximate surface area is 184 Å². The first-order valence-corrected chi connectivity index (χ1v) is 14.7. The van der Waals surface area contributed by atoms with Crippen molar-refractivity contribution in [2.75, 3.05) is 6.61 Å². The summed E-state index contributed by atoms with van der Waals surface area (Å²) in [5, 5.41) is 12.7. The number of aryl methyl sites for hydroxylation is 1. The second-order valence-electron chi connectivity index (χ2n) is 9.43. The van der Waals surface area contributed by atoms with Crippen molar-refractivity contribution < 1.29 is 4.74 Å². The van der Waals surface area contributed by atoms with E-state index in [1.807, 2.05) is 24.8 Å². The number of H-pyrrole nitrogens is 1. The fraction of sp³-hybridized carbons (Fsp3) is 0.435. The van der Waals surface area contributed by atoms with Gasteiger partial charge >= 0.3 is 0 Å². The molecular weight excluding hydrogens is 404 g/mol. The van der Waals surface area contributed by atoms with Gasteiger partial charge in [-0.2, -0.15) is 10.2 Å². The van der Waals surface area contributed by atoms with Crippen LogP contribution in [-0.2, 0) is 17.9 Å². The molecule has 7 nitrogen and oxygen atoms in total. The fourth-order valence-corrected chi connectivity index (χ4v) is 4.38. The van der Waals surface area contributed by atoms with E-state index in [0.717, 1.165) is 41.6 Å². The minimum Gasteiger partial charge on any atom is -0.361 e. The molecule has 1 unspecified atom stereocenters. The molecule has 164 valence electrons. The van der Waals surface area contributed by atoms with Crippen molar-refractivity contribution in [2.24, 2.45) is 0 Å². The van der Waals surface area contributed by atoms with Gasteiger partial charge in [-0.15, -0.1) is 0 Å². The predicted octanol–water partition coefficient (Wildman–Crippen LogP) is 5.13. The largest absolute Gasteiger partial charge is 0.361 e. The van der Waals surface area contributed by atoms with Crippen LogP contribution in [0.3, 0.4) is 0 Å². The van der Waals surface area contributed by atoms with Crippen LogP contribution >= 0.6 is 0 Å². The van der Waals surface area contributed by atoms with E-state index in [0.29, 0.717) is 12.8 Å². The summed E-state index contributed by atoms with van der Waals surface area (Å²) in [5.41, 5.74) is 4.44. The molecule has 4 rings (SSSR count). The van der Waals surface area contributed by atoms with Gasteiger partial charge in [-0.1, -0.05) is 19.6 Å². The number of fused-ring (bicyclic) bond motifs is 1. The summed E-state index contributed by atoms with van der Waals surface area (Å²) in [7, 11) is -1.08. The molecule has 0 radical (unpaired) electrons. The average molecular weight is 437 g/mol. The van der Waals surface area contributed by atoms with Crippen LogP contribution in [-0.4, -0.2) is 44.2 Å². The first-order valence-electron chi connectivity index (χ1n) is 10.9. The van der Waals surface area contributed by atoms with Gasteiger partial charge < -0.3 is 9.30 Å². The molecule has 0 saturated heterocycles. The SMILES string of the molecule is CC(CCc1cn[nH]c1)n1cc(-c2ccnc3c2ccn3COCC[Si](C)(C)C)cn1. The Balaban J connectivity index is 1.45. The van der Waals surface area contributed by atoms with E-state index in [4.69, 9.17) is 4.74 Å². The average Bonchev–Trinajstić information content (AvgIpc) is 3.49. The van der Waals surface area contributed by atoms with E-state index in [1.165, 1.54) is 11.6 Å². The van der Waals surface area contributed by atoms with Crippen molar-refractivity contribution in [1.82, 2.24) is 29.5 Å². The smallest absolute Gasteiger partial charge is 0.142 e. The Bertz CT molecular complexity index is 1110. The number of ether oxygens (including phenoxy) is 1. The summed E-state index contributed by atoms with van der Waals surface area (Å²) in [4.78, 5) is 4.61. The molecule has 0 saturated carbocycles. The Morgan fingerprint density at radius 2 is 2.06 bits per heavy atom. The lowest BCUT2D eigenvalue weighted by atomic mass is 10.1. The first kappa shape index (κ1) is 21.5. The molecule has 31 heavy (non-hydrogen) atoms. The number of pyridine rings is 1. The van der Waals surface area contributed by atoms with Gasteiger partial charge in [0, 0.05) is 56.5 Å². The molecule has 1 N–H and O–H groups in total. The standard InChI is InChI=1S/C23H32N6OSi/c1-18(5-6-19-13-25-26-14-19)29-16-20(15-27-29)21-7-9-24-23-22(21)8-10-28(23)17-30-11-12-31(2,3)4/h7-10,13-16,18H,5-6,11-12,17H2,1-4H3,(H,25,26). The maximum Gasteiger partial charge on any atom is 0.142 e. The lowest BCUT2D eigenvalue weighted by molar-refractivity contribution is 0.0899. The third kappa shape index (κ3) is 5.32. The van der Waals surface area contributed by atoms with E-state index in [1.54, 1.807) is 0 Å². The second-order valence-corrected chi connectivity index (χ2v) is 15.1. The Morgan fingerprint density at radius 3 is 2.84 bits per heavy atom. The summed E-state index contributed by atoms with van der Waals surface area (Å²) in [6.45, 7) is 10.6. The van der Waals surface area contributed by atoms with Crippen molar-refractivity contribution in [3.63, 3.8) is 0 Å².